The normalized spacial score (nSPS) is 28.6. The van der Waals surface area contributed by atoms with Gasteiger partial charge in [-0.05, 0) is 68.2 Å². The molecule has 0 spiro atoms. The van der Waals surface area contributed by atoms with E-state index < -0.39 is 10.8 Å². The van der Waals surface area contributed by atoms with Gasteiger partial charge < -0.3 is 20.2 Å². The van der Waals surface area contributed by atoms with Crippen LogP contribution in [-0.2, 0) is 30.1 Å². The molecule has 2 saturated heterocycles. The summed E-state index contributed by atoms with van der Waals surface area (Å²) >= 11 is 0. The topological polar surface area (TPSA) is 81.6 Å². The van der Waals surface area contributed by atoms with Crippen LogP contribution in [0.2, 0.25) is 0 Å². The fourth-order valence-corrected chi connectivity index (χ4v) is 7.85. The third kappa shape index (κ3) is 3.36. The molecule has 34 heavy (non-hydrogen) atoms. The summed E-state index contributed by atoms with van der Waals surface area (Å²) in [7, 11) is -1.07. The molecule has 2 aromatic rings. The van der Waals surface area contributed by atoms with Gasteiger partial charge >= 0.3 is 0 Å². The van der Waals surface area contributed by atoms with Gasteiger partial charge in [-0.2, -0.15) is 4.98 Å². The van der Waals surface area contributed by atoms with E-state index in [2.05, 4.69) is 33.3 Å². The lowest BCUT2D eigenvalue weighted by molar-refractivity contribution is 0.143. The Morgan fingerprint density at radius 2 is 1.76 bits per heavy atom. The predicted molar refractivity (Wildman–Crippen MR) is 134 cm³/mol. The second-order valence-electron chi connectivity index (χ2n) is 11.0. The van der Waals surface area contributed by atoms with E-state index in [4.69, 9.17) is 9.97 Å². The van der Waals surface area contributed by atoms with Crippen LogP contribution in [0.1, 0.15) is 42.5 Å². The van der Waals surface area contributed by atoms with Crippen molar-refractivity contribution in [1.29, 1.82) is 0 Å². The molecule has 2 N–H and O–H groups in total. The van der Waals surface area contributed by atoms with E-state index in [1.807, 2.05) is 0 Å². The van der Waals surface area contributed by atoms with Gasteiger partial charge in [-0.1, -0.05) is 6.07 Å². The summed E-state index contributed by atoms with van der Waals surface area (Å²) in [5.74, 6) is 3.38. The van der Waals surface area contributed by atoms with Gasteiger partial charge in [0.2, 0.25) is 5.95 Å². The van der Waals surface area contributed by atoms with Gasteiger partial charge in [0.15, 0.2) is 0 Å². The molecule has 3 fully saturated rings. The molecule has 1 aromatic heterocycles. The maximum Gasteiger partial charge on any atom is 0.227 e. The van der Waals surface area contributed by atoms with Crippen LogP contribution >= 0.6 is 0 Å². The van der Waals surface area contributed by atoms with Crippen molar-refractivity contribution in [3.63, 3.8) is 0 Å². The third-order valence-corrected chi connectivity index (χ3v) is 10.4. The highest BCUT2D eigenvalue weighted by Crippen LogP contribution is 2.40. The molecule has 7 rings (SSSR count). The highest BCUT2D eigenvalue weighted by atomic mass is 32.2. The first-order valence-corrected chi connectivity index (χ1v) is 14.2. The Bertz CT molecular complexity index is 1150. The molecule has 7 nitrogen and oxygen atoms in total. The van der Waals surface area contributed by atoms with Crippen LogP contribution in [0, 0.1) is 11.8 Å². The molecule has 1 aromatic carbocycles. The second-order valence-corrected chi connectivity index (χ2v) is 12.5. The minimum absolute atomic E-state index is 0.0835. The Labute approximate surface area is 203 Å². The van der Waals surface area contributed by atoms with Gasteiger partial charge in [-0.25, -0.2) is 4.98 Å². The monoisotopic (exact) mass is 479 g/mol. The Kier molecular flexibility index (Phi) is 4.92. The number of nitrogens with zero attached hydrogens (tertiary/aromatic N) is 4. The number of rotatable bonds is 5. The van der Waals surface area contributed by atoms with Crippen molar-refractivity contribution in [1.82, 2.24) is 9.97 Å². The van der Waals surface area contributed by atoms with Crippen molar-refractivity contribution >= 4 is 28.3 Å². The van der Waals surface area contributed by atoms with Crippen LogP contribution in [0.15, 0.2) is 23.1 Å². The van der Waals surface area contributed by atoms with Crippen LogP contribution in [0.25, 0.3) is 0 Å². The number of aliphatic hydroxyl groups is 1. The minimum Gasteiger partial charge on any atom is -0.394 e. The number of aryl methyl sites for hydroxylation is 3. The summed E-state index contributed by atoms with van der Waals surface area (Å²) in [6.07, 6.45) is 7.18. The zero-order valence-corrected chi connectivity index (χ0v) is 20.4. The largest absolute Gasteiger partial charge is 0.394 e. The molecule has 8 heteroatoms. The SMILES string of the molecule is O=[S@@]1CCCc2nc(N3C[C@H]4CN(c5ccc6c(c5)CC6)C[C@H]4C3)nc(NC3(CO)CCC3)c21. The number of fused-ring (bicyclic) bond motifs is 3. The van der Waals surface area contributed by atoms with E-state index in [0.717, 1.165) is 74.8 Å². The van der Waals surface area contributed by atoms with E-state index in [0.29, 0.717) is 23.4 Å². The smallest absolute Gasteiger partial charge is 0.227 e. The first-order chi connectivity index (χ1) is 16.6. The second kappa shape index (κ2) is 7.92. The summed E-state index contributed by atoms with van der Waals surface area (Å²) in [6, 6.07) is 7.02. The third-order valence-electron chi connectivity index (χ3n) is 8.88. The van der Waals surface area contributed by atoms with Crippen LogP contribution in [0.3, 0.4) is 0 Å². The Balaban J connectivity index is 1.13. The lowest BCUT2D eigenvalue weighted by atomic mass is 9.77. The van der Waals surface area contributed by atoms with Crippen molar-refractivity contribution < 1.29 is 9.32 Å². The molecule has 3 aliphatic heterocycles. The van der Waals surface area contributed by atoms with Gasteiger partial charge in [0.25, 0.3) is 0 Å². The van der Waals surface area contributed by atoms with Gasteiger partial charge in [0, 0.05) is 49.5 Å². The Morgan fingerprint density at radius 1 is 1.00 bits per heavy atom. The van der Waals surface area contributed by atoms with Crippen molar-refractivity contribution in [3.8, 4) is 0 Å². The number of hydrogen-bond acceptors (Lipinski definition) is 7. The van der Waals surface area contributed by atoms with Gasteiger partial charge in [0.1, 0.15) is 10.7 Å². The molecule has 4 heterocycles. The van der Waals surface area contributed by atoms with Gasteiger partial charge in [0.05, 0.1) is 28.6 Å². The fraction of sp³-hybridized carbons (Fsp3) is 0.615. The summed E-state index contributed by atoms with van der Waals surface area (Å²) < 4.78 is 12.9. The average Bonchev–Trinajstić information content (AvgIpc) is 3.36. The number of aromatic nitrogens is 2. The molecule has 0 amide bonds. The van der Waals surface area contributed by atoms with Crippen molar-refractivity contribution in [2.45, 2.75) is 55.4 Å². The summed E-state index contributed by atoms with van der Waals surface area (Å²) in [4.78, 5) is 15.6. The highest BCUT2D eigenvalue weighted by molar-refractivity contribution is 7.85. The molecular formula is C26H33N5O2S. The summed E-state index contributed by atoms with van der Waals surface area (Å²) in [5, 5.41) is 13.5. The van der Waals surface area contributed by atoms with Crippen LogP contribution in [0.5, 0.6) is 0 Å². The molecule has 3 atom stereocenters. The van der Waals surface area contributed by atoms with E-state index in [-0.39, 0.29) is 12.1 Å². The van der Waals surface area contributed by atoms with Crippen LogP contribution in [-0.4, -0.2) is 63.4 Å². The molecular weight excluding hydrogens is 446 g/mol. The summed E-state index contributed by atoms with van der Waals surface area (Å²) in [6.45, 7) is 4.21. The highest BCUT2D eigenvalue weighted by Gasteiger charge is 2.42. The Morgan fingerprint density at radius 3 is 2.41 bits per heavy atom. The molecule has 0 radical (unpaired) electrons. The first kappa shape index (κ1) is 21.1. The van der Waals surface area contributed by atoms with Gasteiger partial charge in [-0.15, -0.1) is 0 Å². The zero-order chi connectivity index (χ0) is 22.9. The van der Waals surface area contributed by atoms with E-state index in [9.17, 15) is 9.32 Å². The van der Waals surface area contributed by atoms with E-state index in [1.165, 1.54) is 29.7 Å². The van der Waals surface area contributed by atoms with Gasteiger partial charge in [-0.3, -0.25) is 4.21 Å². The van der Waals surface area contributed by atoms with Crippen molar-refractivity contribution in [2.75, 3.05) is 53.7 Å². The van der Waals surface area contributed by atoms with Crippen molar-refractivity contribution in [3.05, 3.63) is 35.0 Å². The summed E-state index contributed by atoms with van der Waals surface area (Å²) in [5.41, 5.74) is 5.05. The van der Waals surface area contributed by atoms with E-state index in [1.54, 1.807) is 0 Å². The number of anilines is 3. The molecule has 5 aliphatic rings. The first-order valence-electron chi connectivity index (χ1n) is 12.9. The lowest BCUT2D eigenvalue weighted by Gasteiger charge is -2.42. The number of nitrogens with one attached hydrogen (secondary N) is 1. The standard InChI is InChI=1S/C26H33N5O2S/c32-16-26(8-2-9-26)29-24-23-22(3-1-10-34(23)33)27-25(28-24)31-14-19-12-30(13-20(19)15-31)21-7-6-17-4-5-18(17)11-21/h6-7,11,19-20,32H,1-5,8-10,12-16H2,(H,27,28,29)/t19-,20+,34-/m1/s1. The lowest BCUT2D eigenvalue weighted by Crippen LogP contribution is -2.49. The fourth-order valence-electron chi connectivity index (χ4n) is 6.51. The maximum absolute atomic E-state index is 12.9. The molecule has 0 unspecified atom stereocenters. The minimum atomic E-state index is -1.07. The maximum atomic E-state index is 12.9. The molecule has 2 aliphatic carbocycles. The van der Waals surface area contributed by atoms with E-state index >= 15 is 0 Å². The quantitative estimate of drug-likeness (QED) is 0.682. The number of aliphatic hydroxyl groups excluding tert-OH is 1. The Hall–Kier alpha value is -2.19. The predicted octanol–water partition coefficient (Wildman–Crippen LogP) is 2.53. The molecule has 1 saturated carbocycles. The van der Waals surface area contributed by atoms with Crippen LogP contribution < -0.4 is 15.1 Å². The van der Waals surface area contributed by atoms with Crippen LogP contribution in [0.4, 0.5) is 17.5 Å². The zero-order valence-electron chi connectivity index (χ0n) is 19.6. The number of hydrogen-bond donors (Lipinski definition) is 2. The molecule has 0 bridgehead atoms. The van der Waals surface area contributed by atoms with Crippen molar-refractivity contribution in [2.24, 2.45) is 11.8 Å². The molecule has 180 valence electrons. The average molecular weight is 480 g/mol. The number of benzene rings is 1.